The molecule has 0 saturated heterocycles. The number of aliphatic hydroxyl groups is 1. The zero-order chi connectivity index (χ0) is 38.8. The topological polar surface area (TPSA) is 85.3 Å². The lowest BCUT2D eigenvalue weighted by Gasteiger charge is -2.21. The first kappa shape index (κ1) is 50.3. The third kappa shape index (κ3) is 30.7. The van der Waals surface area contributed by atoms with Gasteiger partial charge in [-0.15, -0.1) is 0 Å². The molecule has 0 fully saturated rings. The van der Waals surface area contributed by atoms with E-state index < -0.39 is 24.7 Å². The largest absolute Gasteiger partial charge is 0.508 e. The van der Waals surface area contributed by atoms with Gasteiger partial charge in [0.15, 0.2) is 0 Å². The number of alkyl halides is 5. The van der Waals surface area contributed by atoms with Gasteiger partial charge in [0, 0.05) is 19.4 Å². The van der Waals surface area contributed by atoms with Crippen molar-refractivity contribution in [2.75, 3.05) is 39.5 Å². The lowest BCUT2D eigenvalue weighted by molar-refractivity contribution is -0.284. The molecule has 0 aromatic rings. The maximum atomic E-state index is 12.9. The maximum Gasteiger partial charge on any atom is 0.508 e. The molecule has 0 aromatic heterocycles. The minimum Gasteiger partial charge on any atom is -0.462 e. The fourth-order valence-corrected chi connectivity index (χ4v) is 6.16. The first-order valence-electron chi connectivity index (χ1n) is 20.7. The fraction of sp³-hybridized carbons (Fsp3) is 0.950. The molecule has 0 bridgehead atoms. The quantitative estimate of drug-likeness (QED) is 0.0383. The molecule has 0 unspecified atom stereocenters. The molecule has 0 aliphatic carbocycles. The SMILES string of the molecule is CCCCCCCCC(CCCCCCCC)OC(=O)CCCCCCCN(CCO)CCCCOC(=O)OCCCCCCC(F)(F)C(F)(F)F. The van der Waals surface area contributed by atoms with Gasteiger partial charge in [0.05, 0.1) is 19.8 Å². The standard InChI is InChI=1S/C40H74F5NO6/c1-3-5-7-9-12-18-26-36(27-19-13-10-8-6-4-2)52-37(48)28-20-14-11-16-22-30-46(32-33-47)31-23-25-35-51-38(49)50-34-24-17-15-21-29-39(41,42)40(43,44)45/h36,47H,3-35H2,1-2H3. The highest BCUT2D eigenvalue weighted by molar-refractivity contribution is 5.69. The van der Waals surface area contributed by atoms with Crippen molar-refractivity contribution in [3.05, 3.63) is 0 Å². The van der Waals surface area contributed by atoms with Gasteiger partial charge in [0.1, 0.15) is 6.10 Å². The number of aliphatic hydroxyl groups excluding tert-OH is 1. The van der Waals surface area contributed by atoms with Gasteiger partial charge in [-0.2, -0.15) is 22.0 Å². The first-order chi connectivity index (χ1) is 25.0. The van der Waals surface area contributed by atoms with Crippen LogP contribution >= 0.6 is 0 Å². The Kier molecular flexibility index (Phi) is 32.7. The van der Waals surface area contributed by atoms with Crippen LogP contribution in [-0.2, 0) is 19.0 Å². The van der Waals surface area contributed by atoms with Crippen LogP contribution in [0.15, 0.2) is 0 Å². The lowest BCUT2D eigenvalue weighted by Crippen LogP contribution is -2.36. The van der Waals surface area contributed by atoms with Gasteiger partial charge in [-0.25, -0.2) is 4.79 Å². The van der Waals surface area contributed by atoms with Crippen molar-refractivity contribution in [1.82, 2.24) is 4.90 Å². The number of rotatable bonds is 37. The Labute approximate surface area is 312 Å². The van der Waals surface area contributed by atoms with Crippen LogP contribution in [0.2, 0.25) is 0 Å². The van der Waals surface area contributed by atoms with E-state index in [1.807, 2.05) is 0 Å². The summed E-state index contributed by atoms with van der Waals surface area (Å²) in [7, 11) is 0. The summed E-state index contributed by atoms with van der Waals surface area (Å²) in [6.07, 6.45) is 16.8. The highest BCUT2D eigenvalue weighted by Crippen LogP contribution is 2.39. The summed E-state index contributed by atoms with van der Waals surface area (Å²) in [5.41, 5.74) is 0. The maximum absolute atomic E-state index is 12.9. The van der Waals surface area contributed by atoms with Gasteiger partial charge in [-0.05, 0) is 77.3 Å². The third-order valence-corrected chi connectivity index (χ3v) is 9.44. The molecule has 0 aliphatic rings. The van der Waals surface area contributed by atoms with Crippen LogP contribution in [0.3, 0.4) is 0 Å². The van der Waals surface area contributed by atoms with Crippen LogP contribution in [0.4, 0.5) is 26.7 Å². The number of unbranched alkanes of at least 4 members (excludes halogenated alkanes) is 18. The van der Waals surface area contributed by atoms with Crippen molar-refractivity contribution in [3.8, 4) is 0 Å². The number of carbonyl (C=O) groups excluding carboxylic acids is 2. The molecule has 0 aromatic carbocycles. The molecule has 7 nitrogen and oxygen atoms in total. The minimum absolute atomic E-state index is 0.0158. The molecular formula is C40H74F5NO6. The van der Waals surface area contributed by atoms with Crippen molar-refractivity contribution < 1.29 is 50.9 Å². The summed E-state index contributed by atoms with van der Waals surface area (Å²) in [6, 6.07) is 0. The molecule has 0 rings (SSSR count). The Balaban J connectivity index is 4.02. The number of esters is 1. The van der Waals surface area contributed by atoms with E-state index in [2.05, 4.69) is 18.7 Å². The second-order valence-corrected chi connectivity index (χ2v) is 14.3. The van der Waals surface area contributed by atoms with E-state index >= 15 is 0 Å². The highest BCUT2D eigenvalue weighted by Gasteiger charge is 2.56. The molecule has 0 spiro atoms. The van der Waals surface area contributed by atoms with E-state index in [0.29, 0.717) is 32.2 Å². The number of carbonyl (C=O) groups is 2. The molecule has 310 valence electrons. The van der Waals surface area contributed by atoms with Crippen molar-refractivity contribution in [1.29, 1.82) is 0 Å². The first-order valence-corrected chi connectivity index (χ1v) is 20.7. The number of hydrogen-bond donors (Lipinski definition) is 1. The molecule has 0 aliphatic heterocycles. The fourth-order valence-electron chi connectivity index (χ4n) is 6.16. The van der Waals surface area contributed by atoms with Gasteiger partial charge < -0.3 is 24.2 Å². The monoisotopic (exact) mass is 760 g/mol. The normalized spacial score (nSPS) is 12.2. The molecule has 0 atom stereocenters. The van der Waals surface area contributed by atoms with Crippen LogP contribution in [0.5, 0.6) is 0 Å². The summed E-state index contributed by atoms with van der Waals surface area (Å²) >= 11 is 0. The van der Waals surface area contributed by atoms with Crippen molar-refractivity contribution in [3.63, 3.8) is 0 Å². The van der Waals surface area contributed by atoms with Crippen LogP contribution < -0.4 is 0 Å². The predicted molar refractivity (Wildman–Crippen MR) is 198 cm³/mol. The van der Waals surface area contributed by atoms with Gasteiger partial charge in [-0.3, -0.25) is 4.79 Å². The van der Waals surface area contributed by atoms with Gasteiger partial charge >= 0.3 is 24.2 Å². The summed E-state index contributed by atoms with van der Waals surface area (Å²) in [5.74, 6) is -4.73. The Hall–Kier alpha value is -1.69. The van der Waals surface area contributed by atoms with E-state index in [1.54, 1.807) is 0 Å². The van der Waals surface area contributed by atoms with Crippen molar-refractivity contribution >= 4 is 12.1 Å². The predicted octanol–water partition coefficient (Wildman–Crippen LogP) is 12.1. The third-order valence-electron chi connectivity index (χ3n) is 9.44. The van der Waals surface area contributed by atoms with Gasteiger partial charge in [-0.1, -0.05) is 110 Å². The molecule has 1 N–H and O–H groups in total. The second kappa shape index (κ2) is 33.8. The molecule has 0 heterocycles. The van der Waals surface area contributed by atoms with E-state index in [1.165, 1.54) is 64.2 Å². The molecule has 0 radical (unpaired) electrons. The molecule has 0 amide bonds. The van der Waals surface area contributed by atoms with Crippen molar-refractivity contribution in [2.45, 2.75) is 205 Å². The number of nitrogens with zero attached hydrogens (tertiary/aromatic N) is 1. The Morgan fingerprint density at radius 2 is 1.02 bits per heavy atom. The van der Waals surface area contributed by atoms with Gasteiger partial charge in [0.2, 0.25) is 0 Å². The van der Waals surface area contributed by atoms with E-state index in [4.69, 9.17) is 14.2 Å². The molecule has 12 heteroatoms. The summed E-state index contributed by atoms with van der Waals surface area (Å²) < 4.78 is 78.2. The zero-order valence-corrected chi connectivity index (χ0v) is 32.7. The molecule has 0 saturated carbocycles. The van der Waals surface area contributed by atoms with Gasteiger partial charge in [0.25, 0.3) is 0 Å². The number of halogens is 5. The van der Waals surface area contributed by atoms with E-state index in [9.17, 15) is 36.6 Å². The minimum atomic E-state index is -5.53. The Morgan fingerprint density at radius 1 is 0.577 bits per heavy atom. The van der Waals surface area contributed by atoms with Crippen molar-refractivity contribution in [2.24, 2.45) is 0 Å². The van der Waals surface area contributed by atoms with Crippen LogP contribution in [0.25, 0.3) is 0 Å². The average Bonchev–Trinajstić information content (AvgIpc) is 3.09. The number of hydrogen-bond acceptors (Lipinski definition) is 7. The highest BCUT2D eigenvalue weighted by atomic mass is 19.4. The number of ether oxygens (including phenoxy) is 3. The van der Waals surface area contributed by atoms with E-state index in [-0.39, 0.29) is 44.7 Å². The average molecular weight is 760 g/mol. The van der Waals surface area contributed by atoms with Crippen LogP contribution in [0, 0.1) is 0 Å². The van der Waals surface area contributed by atoms with E-state index in [0.717, 1.165) is 77.3 Å². The lowest BCUT2D eigenvalue weighted by atomic mass is 10.0. The Bertz CT molecular complexity index is 817. The second-order valence-electron chi connectivity index (χ2n) is 14.3. The smallest absolute Gasteiger partial charge is 0.462 e. The Morgan fingerprint density at radius 3 is 1.56 bits per heavy atom. The zero-order valence-electron chi connectivity index (χ0n) is 32.7. The van der Waals surface area contributed by atoms with Crippen LogP contribution in [-0.4, -0.2) is 79.8 Å². The molecule has 52 heavy (non-hydrogen) atoms. The summed E-state index contributed by atoms with van der Waals surface area (Å²) in [4.78, 5) is 26.6. The molecular weight excluding hydrogens is 685 g/mol. The summed E-state index contributed by atoms with van der Waals surface area (Å²) in [5, 5.41) is 9.45. The van der Waals surface area contributed by atoms with Crippen LogP contribution in [0.1, 0.15) is 187 Å². The summed E-state index contributed by atoms with van der Waals surface area (Å²) in [6.45, 7) is 6.91.